The highest BCUT2D eigenvalue weighted by molar-refractivity contribution is 6.30. The van der Waals surface area contributed by atoms with E-state index in [-0.39, 0.29) is 5.56 Å². The quantitative estimate of drug-likeness (QED) is 0.923. The number of aromatic carboxylic acids is 1. The number of hydrogen-bond donors (Lipinski definition) is 1. The maximum atomic E-state index is 10.7. The minimum absolute atomic E-state index is 0.204. The maximum absolute atomic E-state index is 10.7. The highest BCUT2D eigenvalue weighted by Crippen LogP contribution is 2.33. The van der Waals surface area contributed by atoms with E-state index in [0.29, 0.717) is 22.3 Å². The average Bonchev–Trinajstić information content (AvgIpc) is 2.41. The Morgan fingerprint density at radius 1 is 1.11 bits per heavy atom. The minimum atomic E-state index is -0.976. The molecule has 0 heterocycles. The molecule has 0 radical (unpaired) electrons. The number of carboxylic acids is 1. The number of benzene rings is 2. The van der Waals surface area contributed by atoms with E-state index >= 15 is 0 Å². The third-order valence-electron chi connectivity index (χ3n) is 2.45. The molecule has 0 spiro atoms. The van der Waals surface area contributed by atoms with Gasteiger partial charge in [-0.25, -0.2) is 4.79 Å². The first-order chi connectivity index (χ1) is 9.10. The van der Waals surface area contributed by atoms with Crippen LogP contribution in [0.4, 0.5) is 0 Å². The van der Waals surface area contributed by atoms with Gasteiger partial charge in [0.25, 0.3) is 0 Å². The van der Waals surface area contributed by atoms with E-state index < -0.39 is 5.97 Å². The fraction of sp³-hybridized carbons (Fsp3) is 0.0714. The van der Waals surface area contributed by atoms with Crippen molar-refractivity contribution in [3.63, 3.8) is 0 Å². The first-order valence-corrected chi connectivity index (χ1v) is 5.82. The molecule has 0 aliphatic heterocycles. The second kappa shape index (κ2) is 5.63. The monoisotopic (exact) mass is 278 g/mol. The molecule has 2 aromatic rings. The van der Waals surface area contributed by atoms with E-state index in [1.807, 2.05) is 0 Å². The predicted octanol–water partition coefficient (Wildman–Crippen LogP) is 3.84. The van der Waals surface area contributed by atoms with E-state index in [4.69, 9.17) is 26.2 Å². The lowest BCUT2D eigenvalue weighted by Crippen LogP contribution is -1.95. The standard InChI is InChI=1S/C14H11ClO4/c1-18-13-8-10(15)4-7-12(13)19-11-5-2-9(3-6-11)14(16)17/h2-8H,1H3,(H,16,17). The van der Waals surface area contributed by atoms with Crippen LogP contribution in [0.2, 0.25) is 5.02 Å². The van der Waals surface area contributed by atoms with Crippen LogP contribution in [-0.4, -0.2) is 18.2 Å². The highest BCUT2D eigenvalue weighted by Gasteiger charge is 2.07. The first kappa shape index (κ1) is 13.2. The second-order valence-electron chi connectivity index (χ2n) is 3.73. The van der Waals surface area contributed by atoms with Crippen LogP contribution in [0.3, 0.4) is 0 Å². The summed E-state index contributed by atoms with van der Waals surface area (Å²) in [6, 6.07) is 11.1. The van der Waals surface area contributed by atoms with Gasteiger partial charge in [-0.3, -0.25) is 0 Å². The van der Waals surface area contributed by atoms with Crippen LogP contribution in [0, 0.1) is 0 Å². The summed E-state index contributed by atoms with van der Waals surface area (Å²) in [6.45, 7) is 0. The highest BCUT2D eigenvalue weighted by atomic mass is 35.5. The topological polar surface area (TPSA) is 55.8 Å². The molecule has 0 saturated heterocycles. The first-order valence-electron chi connectivity index (χ1n) is 5.45. The van der Waals surface area contributed by atoms with Gasteiger partial charge in [-0.1, -0.05) is 11.6 Å². The maximum Gasteiger partial charge on any atom is 0.335 e. The minimum Gasteiger partial charge on any atom is -0.493 e. The van der Waals surface area contributed by atoms with Crippen LogP contribution in [0.5, 0.6) is 17.2 Å². The predicted molar refractivity (Wildman–Crippen MR) is 71.5 cm³/mol. The van der Waals surface area contributed by atoms with Gasteiger partial charge >= 0.3 is 5.97 Å². The van der Waals surface area contributed by atoms with E-state index in [2.05, 4.69) is 0 Å². The molecule has 4 nitrogen and oxygen atoms in total. The summed E-state index contributed by atoms with van der Waals surface area (Å²) in [4.78, 5) is 10.7. The van der Waals surface area contributed by atoms with Gasteiger partial charge in [0.2, 0.25) is 0 Å². The van der Waals surface area contributed by atoms with Crippen molar-refractivity contribution in [2.24, 2.45) is 0 Å². The number of methoxy groups -OCH3 is 1. The van der Waals surface area contributed by atoms with Crippen molar-refractivity contribution in [1.29, 1.82) is 0 Å². The van der Waals surface area contributed by atoms with E-state index in [1.165, 1.54) is 19.2 Å². The lowest BCUT2D eigenvalue weighted by molar-refractivity contribution is 0.0697. The van der Waals surface area contributed by atoms with Crippen molar-refractivity contribution in [1.82, 2.24) is 0 Å². The molecule has 0 aliphatic carbocycles. The zero-order valence-corrected chi connectivity index (χ0v) is 10.8. The molecule has 98 valence electrons. The summed E-state index contributed by atoms with van der Waals surface area (Å²) in [5, 5.41) is 9.35. The summed E-state index contributed by atoms with van der Waals surface area (Å²) >= 11 is 5.85. The van der Waals surface area contributed by atoms with Gasteiger partial charge in [0, 0.05) is 11.1 Å². The average molecular weight is 279 g/mol. The Kier molecular flexibility index (Phi) is 3.92. The van der Waals surface area contributed by atoms with Crippen molar-refractivity contribution in [2.75, 3.05) is 7.11 Å². The number of hydrogen-bond acceptors (Lipinski definition) is 3. The van der Waals surface area contributed by atoms with E-state index in [0.717, 1.165) is 0 Å². The molecule has 0 fully saturated rings. The number of rotatable bonds is 4. The lowest BCUT2D eigenvalue weighted by Gasteiger charge is -2.10. The Labute approximate surface area is 115 Å². The molecular weight excluding hydrogens is 268 g/mol. The zero-order valence-electron chi connectivity index (χ0n) is 10.1. The third kappa shape index (κ3) is 3.17. The number of ether oxygens (including phenoxy) is 2. The Morgan fingerprint density at radius 3 is 2.37 bits per heavy atom. The fourth-order valence-electron chi connectivity index (χ4n) is 1.52. The molecule has 2 rings (SSSR count). The Bertz CT molecular complexity index is 593. The molecule has 0 aromatic heterocycles. The van der Waals surface area contributed by atoms with Crippen molar-refractivity contribution in [3.8, 4) is 17.2 Å². The lowest BCUT2D eigenvalue weighted by atomic mass is 10.2. The van der Waals surface area contributed by atoms with Gasteiger partial charge in [-0.15, -0.1) is 0 Å². The Hall–Kier alpha value is -2.20. The van der Waals surface area contributed by atoms with Gasteiger partial charge in [0.1, 0.15) is 5.75 Å². The molecule has 1 N–H and O–H groups in total. The van der Waals surface area contributed by atoms with Gasteiger partial charge < -0.3 is 14.6 Å². The van der Waals surface area contributed by atoms with Crippen LogP contribution in [0.25, 0.3) is 0 Å². The summed E-state index contributed by atoms with van der Waals surface area (Å²) in [5.41, 5.74) is 0.204. The third-order valence-corrected chi connectivity index (χ3v) is 2.69. The SMILES string of the molecule is COc1cc(Cl)ccc1Oc1ccc(C(=O)O)cc1. The van der Waals surface area contributed by atoms with Crippen molar-refractivity contribution in [3.05, 3.63) is 53.1 Å². The summed E-state index contributed by atoms with van der Waals surface area (Å²) in [6.07, 6.45) is 0. The Balaban J connectivity index is 2.23. The summed E-state index contributed by atoms with van der Waals surface area (Å²) in [7, 11) is 1.52. The number of carbonyl (C=O) groups is 1. The summed E-state index contributed by atoms with van der Waals surface area (Å²) < 4.78 is 10.8. The molecule has 0 atom stereocenters. The van der Waals surface area contributed by atoms with Gasteiger partial charge in [-0.2, -0.15) is 0 Å². The molecule has 2 aromatic carbocycles. The fourth-order valence-corrected chi connectivity index (χ4v) is 1.68. The molecule has 0 bridgehead atoms. The normalized spacial score (nSPS) is 10.0. The van der Waals surface area contributed by atoms with Crippen molar-refractivity contribution in [2.45, 2.75) is 0 Å². The summed E-state index contributed by atoms with van der Waals surface area (Å²) in [5.74, 6) is 0.561. The van der Waals surface area contributed by atoms with Gasteiger partial charge in [0.15, 0.2) is 11.5 Å². The van der Waals surface area contributed by atoms with Crippen LogP contribution in [-0.2, 0) is 0 Å². The molecule has 0 amide bonds. The smallest absolute Gasteiger partial charge is 0.335 e. The zero-order chi connectivity index (χ0) is 13.8. The second-order valence-corrected chi connectivity index (χ2v) is 4.16. The largest absolute Gasteiger partial charge is 0.493 e. The number of carboxylic acid groups (broad SMARTS) is 1. The Morgan fingerprint density at radius 2 is 1.79 bits per heavy atom. The molecule has 0 unspecified atom stereocenters. The van der Waals surface area contributed by atoms with Crippen LogP contribution >= 0.6 is 11.6 Å². The molecule has 19 heavy (non-hydrogen) atoms. The van der Waals surface area contributed by atoms with E-state index in [9.17, 15) is 4.79 Å². The molecule has 0 aliphatic rings. The van der Waals surface area contributed by atoms with Crippen molar-refractivity contribution >= 4 is 17.6 Å². The van der Waals surface area contributed by atoms with E-state index in [1.54, 1.807) is 30.3 Å². The van der Waals surface area contributed by atoms with Crippen LogP contribution < -0.4 is 9.47 Å². The number of halogens is 1. The van der Waals surface area contributed by atoms with Gasteiger partial charge in [0.05, 0.1) is 12.7 Å². The molecule has 0 saturated carbocycles. The van der Waals surface area contributed by atoms with Crippen LogP contribution in [0.1, 0.15) is 10.4 Å². The van der Waals surface area contributed by atoms with Crippen LogP contribution in [0.15, 0.2) is 42.5 Å². The van der Waals surface area contributed by atoms with Crippen molar-refractivity contribution < 1.29 is 19.4 Å². The molecular formula is C14H11ClO4. The molecule has 5 heteroatoms. The van der Waals surface area contributed by atoms with Gasteiger partial charge in [-0.05, 0) is 36.4 Å².